The van der Waals surface area contributed by atoms with E-state index in [0.29, 0.717) is 20.6 Å². The molecule has 3 aromatic rings. The molecule has 2 aromatic carbocycles. The Bertz CT molecular complexity index is 1010. The molecule has 3 rings (SSSR count). The number of benzene rings is 2. The third-order valence-corrected chi connectivity index (χ3v) is 5.74. The molecule has 0 aliphatic rings. The lowest BCUT2D eigenvalue weighted by atomic mass is 10.2. The Morgan fingerprint density at radius 3 is 2.25 bits per heavy atom. The number of rotatable bonds is 4. The van der Waals surface area contributed by atoms with Crippen molar-refractivity contribution in [3.8, 4) is 0 Å². The number of anilines is 1. The van der Waals surface area contributed by atoms with Gasteiger partial charge in [-0.05, 0) is 30.3 Å². The fourth-order valence-corrected chi connectivity index (χ4v) is 3.99. The van der Waals surface area contributed by atoms with E-state index in [-0.39, 0.29) is 10.6 Å². The summed E-state index contributed by atoms with van der Waals surface area (Å²) in [6, 6.07) is 13.4. The first kappa shape index (κ1) is 20.5. The van der Waals surface area contributed by atoms with Gasteiger partial charge in [0.25, 0.3) is 5.91 Å². The molecule has 0 fully saturated rings. The Morgan fingerprint density at radius 2 is 1.61 bits per heavy atom. The average molecular weight is 453 g/mol. The number of hydrogen-bond acceptors (Lipinski definition) is 4. The van der Waals surface area contributed by atoms with Crippen molar-refractivity contribution >= 4 is 64.2 Å². The zero-order valence-electron chi connectivity index (χ0n) is 14.1. The quantitative estimate of drug-likeness (QED) is 0.497. The fraction of sp³-hybridized carbons (Fsp3) is 0. The van der Waals surface area contributed by atoms with Crippen LogP contribution in [0.3, 0.4) is 0 Å². The summed E-state index contributed by atoms with van der Waals surface area (Å²) in [5, 5.41) is 5.60. The molecule has 0 saturated heterocycles. The molecular weight excluding hydrogens is 441 g/mol. The molecule has 3 amide bonds. The lowest BCUT2D eigenvalue weighted by Gasteiger charge is -2.11. The number of aromatic nitrogens is 1. The van der Waals surface area contributed by atoms with Crippen LogP contribution in [-0.2, 0) is 0 Å². The van der Waals surface area contributed by atoms with Crippen LogP contribution in [0.4, 0.5) is 10.5 Å². The van der Waals surface area contributed by atoms with Gasteiger partial charge in [0.2, 0.25) is 0 Å². The Balaban J connectivity index is 1.70. The number of hydrogen-bond donors (Lipinski definition) is 2. The average Bonchev–Trinajstić information content (AvgIpc) is 2.65. The molecule has 9 heteroatoms. The molecule has 5 nitrogen and oxygen atoms in total. The molecule has 0 bridgehead atoms. The van der Waals surface area contributed by atoms with Gasteiger partial charge in [0.05, 0.1) is 20.6 Å². The molecule has 1 heterocycles. The van der Waals surface area contributed by atoms with Crippen molar-refractivity contribution in [1.29, 1.82) is 0 Å². The zero-order chi connectivity index (χ0) is 20.1. The van der Waals surface area contributed by atoms with Gasteiger partial charge >= 0.3 is 6.03 Å². The van der Waals surface area contributed by atoms with Gasteiger partial charge < -0.3 is 5.32 Å². The maximum atomic E-state index is 12.1. The lowest BCUT2D eigenvalue weighted by Crippen LogP contribution is -2.34. The van der Waals surface area contributed by atoms with Crippen LogP contribution in [0.2, 0.25) is 15.1 Å². The van der Waals surface area contributed by atoms with Crippen LogP contribution in [-0.4, -0.2) is 16.9 Å². The van der Waals surface area contributed by atoms with Crippen molar-refractivity contribution in [2.24, 2.45) is 0 Å². The number of amides is 3. The highest BCUT2D eigenvalue weighted by Crippen LogP contribution is 2.40. The predicted octanol–water partition coefficient (Wildman–Crippen LogP) is 6.15. The number of nitrogens with zero attached hydrogens (tertiary/aromatic N) is 1. The van der Waals surface area contributed by atoms with Gasteiger partial charge in [-0.25, -0.2) is 4.79 Å². The van der Waals surface area contributed by atoms with Crippen molar-refractivity contribution in [1.82, 2.24) is 10.3 Å². The summed E-state index contributed by atoms with van der Waals surface area (Å²) in [6.07, 6.45) is 2.72. The monoisotopic (exact) mass is 451 g/mol. The lowest BCUT2D eigenvalue weighted by molar-refractivity contribution is 0.0967. The summed E-state index contributed by atoms with van der Waals surface area (Å²) >= 11 is 20.0. The predicted molar refractivity (Wildman–Crippen MR) is 113 cm³/mol. The molecular formula is C19H12Cl3N3O2S. The first-order chi connectivity index (χ1) is 13.4. The normalized spacial score (nSPS) is 10.4. The second-order valence-corrected chi connectivity index (χ2v) is 7.75. The molecule has 0 aliphatic carbocycles. The highest BCUT2D eigenvalue weighted by Gasteiger charge is 2.15. The maximum Gasteiger partial charge on any atom is 0.326 e. The van der Waals surface area contributed by atoms with Gasteiger partial charge in [-0.2, -0.15) is 0 Å². The van der Waals surface area contributed by atoms with Crippen LogP contribution < -0.4 is 10.6 Å². The van der Waals surface area contributed by atoms with Crippen LogP contribution in [0.25, 0.3) is 0 Å². The Labute approximate surface area is 180 Å². The van der Waals surface area contributed by atoms with E-state index in [1.54, 1.807) is 12.1 Å². The van der Waals surface area contributed by atoms with Crippen molar-refractivity contribution in [3.05, 3.63) is 81.6 Å². The van der Waals surface area contributed by atoms with E-state index >= 15 is 0 Å². The first-order valence-corrected chi connectivity index (χ1v) is 9.83. The second kappa shape index (κ2) is 9.30. The summed E-state index contributed by atoms with van der Waals surface area (Å²) in [4.78, 5) is 29.7. The highest BCUT2D eigenvalue weighted by atomic mass is 35.5. The summed E-state index contributed by atoms with van der Waals surface area (Å²) in [7, 11) is 0. The molecule has 0 atom stereocenters. The molecule has 28 heavy (non-hydrogen) atoms. The van der Waals surface area contributed by atoms with Crippen LogP contribution >= 0.6 is 46.6 Å². The number of pyridine rings is 1. The molecule has 0 radical (unpaired) electrons. The van der Waals surface area contributed by atoms with Crippen molar-refractivity contribution in [3.63, 3.8) is 0 Å². The van der Waals surface area contributed by atoms with Crippen LogP contribution in [0.15, 0.2) is 70.7 Å². The maximum absolute atomic E-state index is 12.1. The summed E-state index contributed by atoms with van der Waals surface area (Å²) in [6.45, 7) is 0. The molecule has 2 N–H and O–H groups in total. The standard InChI is InChI=1S/C19H12Cl3N3O2S/c20-14-8-11(9-15(21)17(14)28-12-4-2-1-3-5-12)24-19(27)25-18(26)13-6-7-23-10-16(13)22/h1-10H,(H2,24,25,26,27). The molecule has 0 aliphatic heterocycles. The second-order valence-electron chi connectivity index (χ2n) is 5.45. The number of carbonyl (C=O) groups excluding carboxylic acids is 2. The van der Waals surface area contributed by atoms with Crippen molar-refractivity contribution in [2.75, 3.05) is 5.32 Å². The number of imide groups is 1. The van der Waals surface area contributed by atoms with Gasteiger partial charge in [-0.3, -0.25) is 15.1 Å². The molecule has 1 aromatic heterocycles. The van der Waals surface area contributed by atoms with E-state index in [1.807, 2.05) is 30.3 Å². The molecule has 0 saturated carbocycles. The van der Waals surface area contributed by atoms with Gasteiger partial charge in [-0.1, -0.05) is 64.8 Å². The van der Waals surface area contributed by atoms with Crippen LogP contribution in [0.1, 0.15) is 10.4 Å². The van der Waals surface area contributed by atoms with E-state index in [2.05, 4.69) is 15.6 Å². The Hall–Kier alpha value is -2.25. The zero-order valence-corrected chi connectivity index (χ0v) is 17.2. The topological polar surface area (TPSA) is 71.1 Å². The molecule has 0 spiro atoms. The molecule has 142 valence electrons. The first-order valence-electron chi connectivity index (χ1n) is 7.88. The van der Waals surface area contributed by atoms with Crippen molar-refractivity contribution < 1.29 is 9.59 Å². The van der Waals surface area contributed by atoms with Gasteiger partial charge in [0, 0.05) is 27.9 Å². The minimum Gasteiger partial charge on any atom is -0.308 e. The third-order valence-electron chi connectivity index (χ3n) is 3.46. The van der Waals surface area contributed by atoms with Crippen LogP contribution in [0.5, 0.6) is 0 Å². The van der Waals surface area contributed by atoms with Gasteiger partial charge in [0.15, 0.2) is 0 Å². The van der Waals surface area contributed by atoms with Gasteiger partial charge in [0.1, 0.15) is 0 Å². The Morgan fingerprint density at radius 1 is 0.929 bits per heavy atom. The largest absolute Gasteiger partial charge is 0.326 e. The number of urea groups is 1. The third kappa shape index (κ3) is 5.17. The summed E-state index contributed by atoms with van der Waals surface area (Å²) in [5.74, 6) is -0.654. The van der Waals surface area contributed by atoms with Gasteiger partial charge in [-0.15, -0.1) is 0 Å². The smallest absolute Gasteiger partial charge is 0.308 e. The summed E-state index contributed by atoms with van der Waals surface area (Å²) in [5.41, 5.74) is 0.482. The SMILES string of the molecule is O=C(NC(=O)c1ccncc1Cl)Nc1cc(Cl)c(Sc2ccccc2)c(Cl)c1. The van der Waals surface area contributed by atoms with E-state index in [4.69, 9.17) is 34.8 Å². The van der Waals surface area contributed by atoms with E-state index in [0.717, 1.165) is 4.90 Å². The fourth-order valence-electron chi connectivity index (χ4n) is 2.23. The number of carbonyl (C=O) groups is 2. The van der Waals surface area contributed by atoms with E-state index in [9.17, 15) is 9.59 Å². The van der Waals surface area contributed by atoms with Crippen molar-refractivity contribution in [2.45, 2.75) is 9.79 Å². The Kier molecular flexibility index (Phi) is 6.80. The number of halogens is 3. The highest BCUT2D eigenvalue weighted by molar-refractivity contribution is 7.99. The van der Waals surface area contributed by atoms with Crippen LogP contribution in [0, 0.1) is 0 Å². The van der Waals surface area contributed by atoms with E-state index < -0.39 is 11.9 Å². The van der Waals surface area contributed by atoms with E-state index in [1.165, 1.54) is 30.2 Å². The molecule has 0 unspecified atom stereocenters. The minimum atomic E-state index is -0.742. The minimum absolute atomic E-state index is 0.137. The number of nitrogens with one attached hydrogen (secondary N) is 2. The summed E-state index contributed by atoms with van der Waals surface area (Å²) < 4.78 is 0.